The summed E-state index contributed by atoms with van der Waals surface area (Å²) in [6, 6.07) is 163. The van der Waals surface area contributed by atoms with Crippen LogP contribution in [0, 0.1) is 0 Å². The molecule has 2 aliphatic rings. The van der Waals surface area contributed by atoms with E-state index in [1.165, 1.54) is 231 Å². The van der Waals surface area contributed by atoms with Gasteiger partial charge in [0.05, 0.1) is 49.7 Å². The Kier molecular flexibility index (Phi) is 15.4. The molecule has 0 radical (unpaired) electrons. The van der Waals surface area contributed by atoms with Gasteiger partial charge in [0.15, 0.2) is 0 Å². The van der Waals surface area contributed by atoms with Gasteiger partial charge in [-0.05, 0) is 214 Å². The SMILES string of the molecule is c1cc(-c2cccc3oc4ccccc4c23)cc(-n2c3cccc4c3c3c5c(cccc5c5ccccc5c32)-c2ccccc2-4)c1.c1ccc(-c2ccc3c4c2-c2ccccc2-c2cccc5ccc(c4c25)n3-c2cccc(-c3cccc4oc5ccccc5c34)c2)cc1.c1ccc(-c2cccc(-n3c4cccc5c6ccccc6n6c7ccccc7c7ccc3c(c54)c76)c2)cc1. The van der Waals surface area contributed by atoms with Crippen molar-refractivity contribution in [3.05, 3.63) is 449 Å². The van der Waals surface area contributed by atoms with Crippen LogP contribution in [-0.4, -0.2) is 18.1 Å². The summed E-state index contributed by atoms with van der Waals surface area (Å²) in [6.07, 6.45) is 0. The first-order chi connectivity index (χ1) is 65.6. The number of hydrogen-bond acceptors (Lipinski definition) is 2. The van der Waals surface area contributed by atoms with Crippen LogP contribution < -0.4 is 0 Å². The third kappa shape index (κ3) is 10.3. The number of hydrogen-bond donors (Lipinski definition) is 0. The van der Waals surface area contributed by atoms with E-state index in [0.29, 0.717) is 0 Å². The number of rotatable bonds is 7. The van der Waals surface area contributed by atoms with Crippen LogP contribution in [0.25, 0.3) is 286 Å². The van der Waals surface area contributed by atoms with Crippen LogP contribution in [0.1, 0.15) is 0 Å². The molecule has 610 valence electrons. The molecule has 0 fully saturated rings. The maximum Gasteiger partial charge on any atom is 0.136 e. The van der Waals surface area contributed by atoms with Crippen LogP contribution in [-0.2, 0) is 0 Å². The van der Waals surface area contributed by atoms with E-state index in [9.17, 15) is 0 Å². The Labute approximate surface area is 756 Å². The van der Waals surface area contributed by atoms with Gasteiger partial charge in [0.25, 0.3) is 0 Å². The van der Waals surface area contributed by atoms with Crippen LogP contribution in [0.4, 0.5) is 0 Å². The third-order valence-electron chi connectivity index (χ3n) is 28.7. The number of nitrogens with zero attached hydrogens (tertiary/aromatic N) is 4. The molecule has 0 saturated carbocycles. The topological polar surface area (TPSA) is 45.5 Å². The maximum absolute atomic E-state index is 6.28. The molecule has 2 aliphatic carbocycles. The Balaban J connectivity index is 0.0000000977. The first-order valence-corrected chi connectivity index (χ1v) is 45.5. The van der Waals surface area contributed by atoms with Crippen LogP contribution >= 0.6 is 0 Å². The molecule has 0 saturated heterocycles. The number of aromatic nitrogens is 4. The Morgan fingerprint density at radius 3 is 1.19 bits per heavy atom. The number of benzene rings is 22. The van der Waals surface area contributed by atoms with Crippen molar-refractivity contribution in [3.63, 3.8) is 0 Å². The van der Waals surface area contributed by atoms with E-state index in [4.69, 9.17) is 8.83 Å². The van der Waals surface area contributed by atoms with Gasteiger partial charge in [-0.1, -0.05) is 346 Å². The third-order valence-corrected chi connectivity index (χ3v) is 28.7. The van der Waals surface area contributed by atoms with E-state index < -0.39 is 0 Å². The number of fused-ring (bicyclic) bond motifs is 21. The highest BCUT2D eigenvalue weighted by atomic mass is 16.3. The van der Waals surface area contributed by atoms with Gasteiger partial charge in [-0.25, -0.2) is 0 Å². The molecule has 0 atom stereocenters. The van der Waals surface area contributed by atoms with Gasteiger partial charge in [-0.15, -0.1) is 0 Å². The van der Waals surface area contributed by atoms with E-state index in [-0.39, 0.29) is 0 Å². The smallest absolute Gasteiger partial charge is 0.136 e. The lowest BCUT2D eigenvalue weighted by Gasteiger charge is -2.17. The first kappa shape index (κ1) is 72.6. The predicted octanol–water partition coefficient (Wildman–Crippen LogP) is 34.7. The largest absolute Gasteiger partial charge is 0.456 e. The van der Waals surface area contributed by atoms with Crippen molar-refractivity contribution < 1.29 is 8.83 Å². The highest BCUT2D eigenvalue weighted by Gasteiger charge is 2.32. The van der Waals surface area contributed by atoms with E-state index in [1.54, 1.807) is 0 Å². The average Bonchev–Trinajstić information content (AvgIpc) is 1.54. The molecule has 0 spiro atoms. The Morgan fingerprint density at radius 2 is 0.538 bits per heavy atom. The van der Waals surface area contributed by atoms with E-state index in [1.807, 2.05) is 12.1 Å². The van der Waals surface area contributed by atoms with Gasteiger partial charge < -0.3 is 26.9 Å². The van der Waals surface area contributed by atoms with Gasteiger partial charge in [-0.3, -0.25) is 0 Å². The van der Waals surface area contributed by atoms with Crippen molar-refractivity contribution >= 4 is 180 Å². The zero-order valence-corrected chi connectivity index (χ0v) is 71.3. The van der Waals surface area contributed by atoms with Crippen LogP contribution in [0.3, 0.4) is 0 Å². The zero-order valence-electron chi connectivity index (χ0n) is 71.3. The Morgan fingerprint density at radius 1 is 0.152 bits per heavy atom. The summed E-state index contributed by atoms with van der Waals surface area (Å²) < 4.78 is 22.5. The van der Waals surface area contributed by atoms with Gasteiger partial charge in [0, 0.05) is 103 Å². The summed E-state index contributed by atoms with van der Waals surface area (Å²) in [5, 5.41) is 25.5. The fraction of sp³-hybridized carbons (Fsp3) is 0. The fourth-order valence-electron chi connectivity index (χ4n) is 23.4. The first-order valence-electron chi connectivity index (χ1n) is 45.5. The molecule has 0 N–H and O–H groups in total. The molecular weight excluding hydrogens is 1600 g/mol. The summed E-state index contributed by atoms with van der Waals surface area (Å²) in [7, 11) is 0. The molecule has 0 amide bonds. The number of furan rings is 2. The molecule has 132 heavy (non-hydrogen) atoms. The molecule has 31 rings (SSSR count). The molecule has 6 nitrogen and oxygen atoms in total. The monoisotopic (exact) mass is 1670 g/mol. The molecule has 29 aromatic rings. The molecule has 22 aromatic carbocycles. The highest BCUT2D eigenvalue weighted by molar-refractivity contribution is 6.39. The summed E-state index contributed by atoms with van der Waals surface area (Å²) in [4.78, 5) is 0. The van der Waals surface area contributed by atoms with Crippen molar-refractivity contribution in [2.45, 2.75) is 0 Å². The summed E-state index contributed by atoms with van der Waals surface area (Å²) in [5.74, 6) is 0. The average molecular weight is 1680 g/mol. The van der Waals surface area contributed by atoms with Gasteiger partial charge in [-0.2, -0.15) is 0 Å². The molecular formula is C126H74N4O2. The quantitative estimate of drug-likeness (QED) is 0.149. The van der Waals surface area contributed by atoms with Crippen LogP contribution in [0.5, 0.6) is 0 Å². The maximum atomic E-state index is 6.28. The molecule has 7 heterocycles. The van der Waals surface area contributed by atoms with Crippen molar-refractivity contribution in [1.29, 1.82) is 0 Å². The lowest BCUT2D eigenvalue weighted by Crippen LogP contribution is -1.96. The van der Waals surface area contributed by atoms with Crippen molar-refractivity contribution in [1.82, 2.24) is 18.1 Å². The number of para-hydroxylation sites is 4. The van der Waals surface area contributed by atoms with Crippen LogP contribution in [0.2, 0.25) is 0 Å². The van der Waals surface area contributed by atoms with Crippen molar-refractivity contribution in [3.8, 4) is 106 Å². The second-order valence-electron chi connectivity index (χ2n) is 35.4. The minimum Gasteiger partial charge on any atom is -0.456 e. The predicted molar refractivity (Wildman–Crippen MR) is 555 cm³/mol. The van der Waals surface area contributed by atoms with E-state index in [0.717, 1.165) is 55.3 Å². The lowest BCUT2D eigenvalue weighted by molar-refractivity contribution is 0.668. The Bertz CT molecular complexity index is 10000. The molecule has 0 bridgehead atoms. The van der Waals surface area contributed by atoms with E-state index >= 15 is 0 Å². The van der Waals surface area contributed by atoms with E-state index in [2.05, 4.69) is 455 Å². The van der Waals surface area contributed by atoms with Crippen molar-refractivity contribution in [2.24, 2.45) is 0 Å². The summed E-state index contributed by atoms with van der Waals surface area (Å²) >= 11 is 0. The normalized spacial score (nSPS) is 12.2. The Hall–Kier alpha value is -17.6. The van der Waals surface area contributed by atoms with Crippen molar-refractivity contribution in [2.75, 3.05) is 0 Å². The minimum atomic E-state index is 0.911. The second kappa shape index (κ2) is 28.0. The second-order valence-corrected chi connectivity index (χ2v) is 35.4. The molecule has 0 aliphatic heterocycles. The molecule has 0 unspecified atom stereocenters. The van der Waals surface area contributed by atoms with Gasteiger partial charge >= 0.3 is 0 Å². The summed E-state index contributed by atoms with van der Waals surface area (Å²) in [6.45, 7) is 0. The van der Waals surface area contributed by atoms with Gasteiger partial charge in [0.2, 0.25) is 0 Å². The van der Waals surface area contributed by atoms with Gasteiger partial charge in [0.1, 0.15) is 22.3 Å². The van der Waals surface area contributed by atoms with Crippen LogP contribution in [0.15, 0.2) is 458 Å². The molecule has 6 heteroatoms. The standard InChI is InChI=1S/C46H27NO.C44H25NO.C36H22N2/c1-2-11-28(12-3-1)33-24-26-39-46-44(33)36-17-5-4-16-34(36)35-20-9-13-29-23-25-38(45(46)42(29)35)47(39)31-15-8-14-30(27-31)32-19-10-22-41-43(32)37-18-6-7-21-40(37)48-41;1-2-14-30-29(13-1)32-19-8-20-33-31-15-3-4-16-35(31)44-43(41(32)33)42-34(30)21-9-22-37(42)45(44)27-12-7-11-26(25-27)28-18-10-24-39-40(28)36-17-5-6-23-38(36)46-39;1-2-10-23(11-3-1)24-12-8-13-25(22-24)37-32-19-9-16-28-26-14-4-6-17-30(26)38-31-18-7-5-15-27(31)29-20-21-33(37)35(34(28)32)36(29)38/h1-27H;1-25H;1-22H. The highest BCUT2D eigenvalue weighted by Crippen LogP contribution is 2.57. The summed E-state index contributed by atoms with van der Waals surface area (Å²) in [5.41, 5.74) is 38.2. The fourth-order valence-corrected chi connectivity index (χ4v) is 23.4. The zero-order chi connectivity index (χ0) is 86.1. The molecule has 7 aromatic heterocycles. The minimum absolute atomic E-state index is 0.911. The lowest BCUT2D eigenvalue weighted by atomic mass is 9.88.